The van der Waals surface area contributed by atoms with Gasteiger partial charge in [-0.25, -0.2) is 4.79 Å². The molecule has 0 amide bonds. The lowest BCUT2D eigenvalue weighted by atomic mass is 10.1. The van der Waals surface area contributed by atoms with Gasteiger partial charge in [0, 0.05) is 30.1 Å². The first-order valence-electron chi connectivity index (χ1n) is 8.57. The van der Waals surface area contributed by atoms with Crippen LogP contribution in [0.4, 0.5) is 0 Å². The number of ether oxygens (including phenoxy) is 1. The standard InChI is InChI=1S/C21H23NO4/c1-14-4-6-17(7-5-14)25-11-10-22(3)13-16-12-20(24)26-21-15(2)19(23)9-8-18(16)21/h4-9,12,23H,10-11,13H2,1-3H3. The number of hydrogen-bond donors (Lipinski definition) is 1. The summed E-state index contributed by atoms with van der Waals surface area (Å²) >= 11 is 0. The molecule has 26 heavy (non-hydrogen) atoms. The third kappa shape index (κ3) is 4.06. The summed E-state index contributed by atoms with van der Waals surface area (Å²) < 4.78 is 11.0. The molecule has 0 saturated carbocycles. The fraction of sp³-hybridized carbons (Fsp3) is 0.286. The molecule has 0 radical (unpaired) electrons. The number of rotatable bonds is 6. The van der Waals surface area contributed by atoms with Crippen molar-refractivity contribution >= 4 is 11.0 Å². The summed E-state index contributed by atoms with van der Waals surface area (Å²) in [6, 6.07) is 12.9. The van der Waals surface area contributed by atoms with Crippen molar-refractivity contribution in [3.8, 4) is 11.5 Å². The lowest BCUT2D eigenvalue weighted by Crippen LogP contribution is -2.24. The Morgan fingerprint density at radius 1 is 1.12 bits per heavy atom. The van der Waals surface area contributed by atoms with Gasteiger partial charge in [-0.3, -0.25) is 4.90 Å². The minimum Gasteiger partial charge on any atom is -0.508 e. The molecule has 0 atom stereocenters. The lowest BCUT2D eigenvalue weighted by molar-refractivity contribution is 0.233. The van der Waals surface area contributed by atoms with Gasteiger partial charge >= 0.3 is 5.63 Å². The van der Waals surface area contributed by atoms with Gasteiger partial charge in [-0.2, -0.15) is 0 Å². The molecule has 0 saturated heterocycles. The van der Waals surface area contributed by atoms with Crippen molar-refractivity contribution in [2.24, 2.45) is 0 Å². The monoisotopic (exact) mass is 353 g/mol. The van der Waals surface area contributed by atoms with Crippen molar-refractivity contribution < 1.29 is 14.3 Å². The zero-order chi connectivity index (χ0) is 18.7. The molecule has 0 bridgehead atoms. The molecule has 136 valence electrons. The third-order valence-corrected chi connectivity index (χ3v) is 4.42. The molecule has 1 heterocycles. The van der Waals surface area contributed by atoms with Crippen molar-refractivity contribution in [2.75, 3.05) is 20.2 Å². The Labute approximate surface area is 152 Å². The average Bonchev–Trinajstić information content (AvgIpc) is 2.60. The van der Waals surface area contributed by atoms with Crippen molar-refractivity contribution in [3.05, 3.63) is 69.6 Å². The second-order valence-electron chi connectivity index (χ2n) is 6.58. The molecule has 0 aliphatic carbocycles. The Balaban J connectivity index is 1.69. The third-order valence-electron chi connectivity index (χ3n) is 4.42. The molecule has 2 aromatic carbocycles. The molecule has 0 aliphatic rings. The summed E-state index contributed by atoms with van der Waals surface area (Å²) in [6.07, 6.45) is 0. The second kappa shape index (κ2) is 7.62. The fourth-order valence-corrected chi connectivity index (χ4v) is 2.87. The molecule has 0 unspecified atom stereocenters. The zero-order valence-electron chi connectivity index (χ0n) is 15.3. The van der Waals surface area contributed by atoms with E-state index in [1.165, 1.54) is 11.6 Å². The number of aromatic hydroxyl groups is 1. The van der Waals surface area contributed by atoms with Gasteiger partial charge in [-0.1, -0.05) is 17.7 Å². The normalized spacial score (nSPS) is 11.2. The molecule has 3 aromatic rings. The summed E-state index contributed by atoms with van der Waals surface area (Å²) in [4.78, 5) is 14.0. The first-order chi connectivity index (χ1) is 12.4. The average molecular weight is 353 g/mol. The van der Waals surface area contributed by atoms with Gasteiger partial charge < -0.3 is 14.3 Å². The molecule has 0 aliphatic heterocycles. The van der Waals surface area contributed by atoms with E-state index in [1.54, 1.807) is 19.1 Å². The van der Waals surface area contributed by atoms with Crippen LogP contribution in [0.25, 0.3) is 11.0 Å². The molecule has 1 N–H and O–H groups in total. The Bertz CT molecular complexity index is 960. The van der Waals surface area contributed by atoms with Crippen LogP contribution in [0.15, 0.2) is 51.7 Å². The predicted octanol–water partition coefficient (Wildman–Crippen LogP) is 3.63. The summed E-state index contributed by atoms with van der Waals surface area (Å²) in [6.45, 7) is 5.64. The van der Waals surface area contributed by atoms with E-state index in [0.29, 0.717) is 30.8 Å². The summed E-state index contributed by atoms with van der Waals surface area (Å²) in [5.74, 6) is 0.971. The molecule has 3 rings (SSSR count). The molecule has 0 fully saturated rings. The minimum absolute atomic E-state index is 0.123. The highest BCUT2D eigenvalue weighted by molar-refractivity contribution is 5.84. The molecular formula is C21H23NO4. The lowest BCUT2D eigenvalue weighted by Gasteiger charge is -2.18. The quantitative estimate of drug-likeness (QED) is 0.686. The van der Waals surface area contributed by atoms with Gasteiger partial charge in [0.15, 0.2) is 0 Å². The highest BCUT2D eigenvalue weighted by Gasteiger charge is 2.12. The van der Waals surface area contributed by atoms with Crippen LogP contribution in [-0.4, -0.2) is 30.2 Å². The van der Waals surface area contributed by atoms with Crippen molar-refractivity contribution in [1.29, 1.82) is 0 Å². The Kier molecular flexibility index (Phi) is 5.28. The highest BCUT2D eigenvalue weighted by Crippen LogP contribution is 2.27. The number of fused-ring (bicyclic) bond motifs is 1. The van der Waals surface area contributed by atoms with Gasteiger partial charge in [0.2, 0.25) is 0 Å². The van der Waals surface area contributed by atoms with E-state index in [1.807, 2.05) is 38.2 Å². The van der Waals surface area contributed by atoms with Gasteiger partial charge in [0.1, 0.15) is 23.7 Å². The van der Waals surface area contributed by atoms with E-state index < -0.39 is 5.63 Å². The fourth-order valence-electron chi connectivity index (χ4n) is 2.87. The molecular weight excluding hydrogens is 330 g/mol. The maximum atomic E-state index is 11.9. The van der Waals surface area contributed by atoms with E-state index in [4.69, 9.17) is 9.15 Å². The Hall–Kier alpha value is -2.79. The summed E-state index contributed by atoms with van der Waals surface area (Å²) in [7, 11) is 1.98. The van der Waals surface area contributed by atoms with E-state index in [2.05, 4.69) is 4.90 Å². The zero-order valence-corrected chi connectivity index (χ0v) is 15.3. The summed E-state index contributed by atoms with van der Waals surface area (Å²) in [5.41, 5.74) is 2.68. The van der Waals surface area contributed by atoms with E-state index >= 15 is 0 Å². The molecule has 5 heteroatoms. The molecule has 5 nitrogen and oxygen atoms in total. The van der Waals surface area contributed by atoms with Crippen LogP contribution in [0, 0.1) is 13.8 Å². The SMILES string of the molecule is Cc1ccc(OCCN(C)Cc2cc(=O)oc3c(C)c(O)ccc23)cc1. The van der Waals surface area contributed by atoms with E-state index in [9.17, 15) is 9.90 Å². The van der Waals surface area contributed by atoms with Crippen LogP contribution < -0.4 is 10.4 Å². The summed E-state index contributed by atoms with van der Waals surface area (Å²) in [5, 5.41) is 10.7. The van der Waals surface area contributed by atoms with Gasteiger partial charge in [0.05, 0.1) is 0 Å². The highest BCUT2D eigenvalue weighted by atomic mass is 16.5. The van der Waals surface area contributed by atoms with Crippen LogP contribution >= 0.6 is 0 Å². The second-order valence-corrected chi connectivity index (χ2v) is 6.58. The number of nitrogens with zero attached hydrogens (tertiary/aromatic N) is 1. The number of likely N-dealkylation sites (N-methyl/N-ethyl adjacent to an activating group) is 1. The predicted molar refractivity (Wildman–Crippen MR) is 102 cm³/mol. The van der Waals surface area contributed by atoms with Crippen LogP contribution in [0.2, 0.25) is 0 Å². The number of aryl methyl sites for hydroxylation is 2. The number of phenols is 1. The van der Waals surface area contributed by atoms with Gasteiger partial charge in [-0.05, 0) is 50.7 Å². The first kappa shape index (κ1) is 18.0. The maximum absolute atomic E-state index is 11.9. The Morgan fingerprint density at radius 2 is 1.85 bits per heavy atom. The number of benzene rings is 2. The topological polar surface area (TPSA) is 62.9 Å². The van der Waals surface area contributed by atoms with E-state index in [0.717, 1.165) is 16.7 Å². The maximum Gasteiger partial charge on any atom is 0.336 e. The first-order valence-corrected chi connectivity index (χ1v) is 8.57. The minimum atomic E-state index is -0.412. The number of hydrogen-bond acceptors (Lipinski definition) is 5. The number of phenolic OH excluding ortho intramolecular Hbond substituents is 1. The molecule has 1 aromatic heterocycles. The van der Waals surface area contributed by atoms with Crippen molar-refractivity contribution in [2.45, 2.75) is 20.4 Å². The Morgan fingerprint density at radius 3 is 2.58 bits per heavy atom. The van der Waals surface area contributed by atoms with Crippen molar-refractivity contribution in [1.82, 2.24) is 4.90 Å². The molecule has 0 spiro atoms. The van der Waals surface area contributed by atoms with Gasteiger partial charge in [-0.15, -0.1) is 0 Å². The van der Waals surface area contributed by atoms with Gasteiger partial charge in [0.25, 0.3) is 0 Å². The van der Waals surface area contributed by atoms with Crippen LogP contribution in [-0.2, 0) is 6.54 Å². The van der Waals surface area contributed by atoms with Crippen LogP contribution in [0.1, 0.15) is 16.7 Å². The van der Waals surface area contributed by atoms with E-state index in [-0.39, 0.29) is 5.75 Å². The van der Waals surface area contributed by atoms with Crippen LogP contribution in [0.5, 0.6) is 11.5 Å². The largest absolute Gasteiger partial charge is 0.508 e. The van der Waals surface area contributed by atoms with Crippen molar-refractivity contribution in [3.63, 3.8) is 0 Å². The van der Waals surface area contributed by atoms with Crippen LogP contribution in [0.3, 0.4) is 0 Å². The smallest absolute Gasteiger partial charge is 0.336 e.